The highest BCUT2D eigenvalue weighted by molar-refractivity contribution is 5.94. The Morgan fingerprint density at radius 3 is 2.51 bits per heavy atom. The van der Waals surface area contributed by atoms with E-state index in [0.717, 1.165) is 25.9 Å². The number of rotatable bonds is 7. The van der Waals surface area contributed by atoms with Crippen molar-refractivity contribution in [2.75, 3.05) is 13.1 Å². The molecular weight excluding hydrogens is 470 g/mol. The predicted molar refractivity (Wildman–Crippen MR) is 142 cm³/mol. The van der Waals surface area contributed by atoms with Gasteiger partial charge in [-0.3, -0.25) is 14.5 Å². The molecule has 2 aromatic rings. The van der Waals surface area contributed by atoms with Gasteiger partial charge in [0.1, 0.15) is 12.3 Å². The number of fused-ring (bicyclic) bond motifs is 4. The molecule has 2 bridgehead atoms. The number of nitrogens with zero attached hydrogens (tertiary/aromatic N) is 1. The number of nitrogens with two attached hydrogens (primary N) is 1. The van der Waals surface area contributed by atoms with Crippen molar-refractivity contribution in [3.05, 3.63) is 77.8 Å². The minimum absolute atomic E-state index is 0.0295. The van der Waals surface area contributed by atoms with Gasteiger partial charge in [-0.05, 0) is 73.9 Å². The fourth-order valence-corrected chi connectivity index (χ4v) is 5.03. The number of furan rings is 1. The van der Waals surface area contributed by atoms with Gasteiger partial charge in [0.05, 0.1) is 12.5 Å². The molecular formula is C29H37N3O5. The second-order valence-electron chi connectivity index (χ2n) is 10.2. The molecule has 1 saturated heterocycles. The van der Waals surface area contributed by atoms with Crippen LogP contribution in [0.4, 0.5) is 0 Å². The van der Waals surface area contributed by atoms with Gasteiger partial charge in [-0.2, -0.15) is 0 Å². The van der Waals surface area contributed by atoms with Crippen LogP contribution >= 0.6 is 0 Å². The van der Waals surface area contributed by atoms with Gasteiger partial charge >= 0.3 is 5.97 Å². The van der Waals surface area contributed by atoms with Crippen molar-refractivity contribution in [2.24, 2.45) is 11.7 Å². The number of esters is 1. The lowest BCUT2D eigenvalue weighted by Gasteiger charge is -2.54. The molecule has 4 rings (SSSR count). The largest absolute Gasteiger partial charge is 0.472 e. The van der Waals surface area contributed by atoms with Crippen LogP contribution in [0.1, 0.15) is 50.8 Å². The van der Waals surface area contributed by atoms with Gasteiger partial charge in [-0.15, -0.1) is 0 Å². The smallest absolute Gasteiger partial charge is 0.330 e. The molecule has 8 heteroatoms. The number of piperidine rings is 1. The maximum atomic E-state index is 12.2. The Bertz CT molecular complexity index is 1170. The fourth-order valence-electron chi connectivity index (χ4n) is 5.03. The summed E-state index contributed by atoms with van der Waals surface area (Å²) in [4.78, 5) is 36.2. The summed E-state index contributed by atoms with van der Waals surface area (Å²) < 4.78 is 10.8. The van der Waals surface area contributed by atoms with E-state index in [9.17, 15) is 14.4 Å². The maximum absolute atomic E-state index is 12.2. The van der Waals surface area contributed by atoms with Crippen molar-refractivity contribution in [1.29, 1.82) is 0 Å². The molecule has 3 N–H and O–H groups in total. The summed E-state index contributed by atoms with van der Waals surface area (Å²) in [5, 5.41) is 2.51. The molecule has 0 radical (unpaired) electrons. The highest BCUT2D eigenvalue weighted by Gasteiger charge is 2.48. The van der Waals surface area contributed by atoms with Gasteiger partial charge in [-0.1, -0.05) is 33.1 Å². The molecule has 1 aromatic heterocycles. The lowest BCUT2D eigenvalue weighted by molar-refractivity contribution is -0.135. The van der Waals surface area contributed by atoms with Crippen LogP contribution in [-0.2, 0) is 32.8 Å². The summed E-state index contributed by atoms with van der Waals surface area (Å²) in [5.41, 5.74) is 9.28. The average Bonchev–Trinajstić information content (AvgIpc) is 3.35. The molecule has 2 heterocycles. The number of benzene rings is 1. The van der Waals surface area contributed by atoms with E-state index in [1.165, 1.54) is 16.7 Å². The molecule has 37 heavy (non-hydrogen) atoms. The first-order chi connectivity index (χ1) is 17.4. The molecule has 3 atom stereocenters. The number of nitrogens with one attached hydrogen (secondary N) is 1. The Kier molecular flexibility index (Phi) is 8.76. The molecule has 1 aromatic carbocycles. The SMILES string of the molecule is C=C(C)C(=O)NCC(=O)Oc1ccc2c(c1)[C@]1(C)CCN(Cc3ccoc3)[C@@H](C2)[C@H]1C.C=C(C)C(N)=O. The van der Waals surface area contributed by atoms with Crippen molar-refractivity contribution >= 4 is 17.8 Å². The highest BCUT2D eigenvalue weighted by atomic mass is 16.5. The van der Waals surface area contributed by atoms with Crippen LogP contribution in [0.5, 0.6) is 5.75 Å². The molecule has 198 valence electrons. The molecule has 1 fully saturated rings. The molecule has 8 nitrogen and oxygen atoms in total. The van der Waals surface area contributed by atoms with Crippen molar-refractivity contribution in [1.82, 2.24) is 10.2 Å². The number of hydrogen-bond donors (Lipinski definition) is 2. The van der Waals surface area contributed by atoms with Gasteiger partial charge in [0.2, 0.25) is 11.8 Å². The van der Waals surface area contributed by atoms with E-state index in [-0.39, 0.29) is 17.9 Å². The van der Waals surface area contributed by atoms with Crippen LogP contribution < -0.4 is 15.8 Å². The fraction of sp³-hybridized carbons (Fsp3) is 0.414. The average molecular weight is 508 g/mol. The summed E-state index contributed by atoms with van der Waals surface area (Å²) in [7, 11) is 0. The summed E-state index contributed by atoms with van der Waals surface area (Å²) in [6, 6.07) is 8.46. The van der Waals surface area contributed by atoms with Crippen molar-refractivity contribution in [3.8, 4) is 5.75 Å². The monoisotopic (exact) mass is 507 g/mol. The quantitative estimate of drug-likeness (QED) is 0.336. The summed E-state index contributed by atoms with van der Waals surface area (Å²) in [6.45, 7) is 16.4. The summed E-state index contributed by atoms with van der Waals surface area (Å²) in [5.74, 6) is -0.272. The van der Waals surface area contributed by atoms with Gasteiger partial charge in [-0.25, -0.2) is 4.79 Å². The Morgan fingerprint density at radius 2 is 1.92 bits per heavy atom. The second-order valence-corrected chi connectivity index (χ2v) is 10.2. The zero-order valence-corrected chi connectivity index (χ0v) is 22.1. The van der Waals surface area contributed by atoms with Crippen molar-refractivity contribution in [2.45, 2.75) is 58.5 Å². The second kappa shape index (κ2) is 11.6. The minimum atomic E-state index is -0.489. The molecule has 1 aliphatic heterocycles. The van der Waals surface area contributed by atoms with Crippen LogP contribution in [0.2, 0.25) is 0 Å². The van der Waals surface area contributed by atoms with Crippen LogP contribution in [0.3, 0.4) is 0 Å². The first-order valence-corrected chi connectivity index (χ1v) is 12.4. The molecule has 2 amide bonds. The molecule has 0 unspecified atom stereocenters. The zero-order valence-electron chi connectivity index (χ0n) is 22.1. The van der Waals surface area contributed by atoms with Gasteiger partial charge in [0.15, 0.2) is 0 Å². The third kappa shape index (κ3) is 6.57. The Balaban J connectivity index is 0.000000568. The Hall–Kier alpha value is -3.65. The molecule has 1 aliphatic carbocycles. The topological polar surface area (TPSA) is 115 Å². The minimum Gasteiger partial charge on any atom is -0.472 e. The van der Waals surface area contributed by atoms with Crippen LogP contribution in [0.25, 0.3) is 0 Å². The lowest BCUT2D eigenvalue weighted by atomic mass is 9.59. The Labute approximate surface area is 218 Å². The van der Waals surface area contributed by atoms with Crippen LogP contribution in [0.15, 0.2) is 65.5 Å². The van der Waals surface area contributed by atoms with Crippen molar-refractivity contribution < 1.29 is 23.5 Å². The summed E-state index contributed by atoms with van der Waals surface area (Å²) >= 11 is 0. The van der Waals surface area contributed by atoms with Gasteiger partial charge in [0, 0.05) is 29.3 Å². The number of carbonyl (C=O) groups is 3. The number of carbonyl (C=O) groups excluding carboxylic acids is 3. The number of ether oxygens (including phenoxy) is 1. The number of primary amides is 1. The third-order valence-corrected chi connectivity index (χ3v) is 7.49. The lowest BCUT2D eigenvalue weighted by Crippen LogP contribution is -2.57. The standard InChI is InChI=1S/C25H30N2O4.C4H7NO/c1-16(2)24(29)26-13-23(28)31-20-6-5-19-11-22-17(3)25(4,21(19)12-20)8-9-27(22)14-18-7-10-30-15-18;1-3(2)4(5)6/h5-7,10,12,15,17,22H,1,8-9,11,13-14H2,2-4H3,(H,26,29);1H2,2H3,(H2,5,6)/t17-,22+,25-;/m1./s1. The van der Waals surface area contributed by atoms with Crippen LogP contribution in [-0.4, -0.2) is 41.8 Å². The maximum Gasteiger partial charge on any atom is 0.330 e. The van der Waals surface area contributed by atoms with Crippen molar-refractivity contribution in [3.63, 3.8) is 0 Å². The Morgan fingerprint density at radius 1 is 1.22 bits per heavy atom. The van der Waals surface area contributed by atoms with E-state index in [0.29, 0.717) is 28.9 Å². The van der Waals surface area contributed by atoms with E-state index >= 15 is 0 Å². The first-order valence-electron chi connectivity index (χ1n) is 12.4. The van der Waals surface area contributed by atoms with E-state index in [2.05, 4.69) is 43.3 Å². The number of likely N-dealkylation sites (tertiary alicyclic amines) is 1. The van der Waals surface area contributed by atoms with Gasteiger partial charge < -0.3 is 20.2 Å². The number of amides is 2. The van der Waals surface area contributed by atoms with Gasteiger partial charge in [0.25, 0.3) is 0 Å². The van der Waals surface area contributed by atoms with E-state index in [4.69, 9.17) is 14.9 Å². The van der Waals surface area contributed by atoms with Crippen LogP contribution in [0, 0.1) is 5.92 Å². The highest BCUT2D eigenvalue weighted by Crippen LogP contribution is 2.49. The molecule has 0 spiro atoms. The van der Waals surface area contributed by atoms with E-state index < -0.39 is 11.9 Å². The molecule has 2 aliphatic rings. The molecule has 0 saturated carbocycles. The normalized spacial score (nSPS) is 22.1. The predicted octanol–water partition coefficient (Wildman–Crippen LogP) is 3.65. The third-order valence-electron chi connectivity index (χ3n) is 7.49. The van der Waals surface area contributed by atoms with E-state index in [1.807, 2.05) is 24.5 Å². The van der Waals surface area contributed by atoms with E-state index in [1.54, 1.807) is 20.1 Å². The summed E-state index contributed by atoms with van der Waals surface area (Å²) in [6.07, 6.45) is 5.58. The number of hydrogen-bond acceptors (Lipinski definition) is 6. The zero-order chi connectivity index (χ0) is 27.3. The first kappa shape index (κ1) is 27.9.